The maximum atomic E-state index is 12.8. The smallest absolute Gasteiger partial charge is 0.123 e. The van der Waals surface area contributed by atoms with E-state index in [2.05, 4.69) is 0 Å². The Morgan fingerprint density at radius 2 is 1.53 bits per heavy atom. The average molecular weight is 240 g/mol. The monoisotopic (exact) mass is 240 g/mol. The molecule has 0 aromatic heterocycles. The van der Waals surface area contributed by atoms with E-state index >= 15 is 0 Å². The van der Waals surface area contributed by atoms with Crippen molar-refractivity contribution in [3.63, 3.8) is 0 Å². The fourth-order valence-electron chi connectivity index (χ4n) is 2.05. The number of benzene rings is 1. The van der Waals surface area contributed by atoms with Gasteiger partial charge in [0.1, 0.15) is 5.82 Å². The SMILES string of the molecule is CCC(O)(CC)CC(C)(O)c1ccc(F)cc1. The molecule has 0 fully saturated rings. The number of hydrogen-bond acceptors (Lipinski definition) is 2. The molecule has 1 aromatic carbocycles. The van der Waals surface area contributed by atoms with Gasteiger partial charge in [0.25, 0.3) is 0 Å². The highest BCUT2D eigenvalue weighted by Crippen LogP contribution is 2.33. The molecule has 0 aliphatic rings. The van der Waals surface area contributed by atoms with Crippen molar-refractivity contribution in [2.24, 2.45) is 0 Å². The zero-order chi connectivity index (χ0) is 13.1. The number of halogens is 1. The second kappa shape index (κ2) is 5.15. The summed E-state index contributed by atoms with van der Waals surface area (Å²) in [6.07, 6.45) is 1.42. The molecule has 2 nitrogen and oxygen atoms in total. The fourth-order valence-corrected chi connectivity index (χ4v) is 2.05. The lowest BCUT2D eigenvalue weighted by atomic mass is 9.81. The summed E-state index contributed by atoms with van der Waals surface area (Å²) >= 11 is 0. The van der Waals surface area contributed by atoms with Gasteiger partial charge in [0.05, 0.1) is 11.2 Å². The molecule has 1 atom stereocenters. The molecule has 0 heterocycles. The first kappa shape index (κ1) is 14.1. The summed E-state index contributed by atoms with van der Waals surface area (Å²) in [6.45, 7) is 5.44. The Bertz CT molecular complexity index is 353. The van der Waals surface area contributed by atoms with E-state index in [9.17, 15) is 14.6 Å². The molecule has 1 rings (SSSR count). The van der Waals surface area contributed by atoms with Gasteiger partial charge in [-0.05, 0) is 37.5 Å². The first-order chi connectivity index (χ1) is 7.83. The topological polar surface area (TPSA) is 40.5 Å². The lowest BCUT2D eigenvalue weighted by Crippen LogP contribution is -2.37. The van der Waals surface area contributed by atoms with Crippen LogP contribution in [0.25, 0.3) is 0 Å². The van der Waals surface area contributed by atoms with Gasteiger partial charge in [-0.1, -0.05) is 26.0 Å². The molecular formula is C14H21FO2. The van der Waals surface area contributed by atoms with E-state index in [1.165, 1.54) is 12.1 Å². The van der Waals surface area contributed by atoms with Crippen LogP contribution >= 0.6 is 0 Å². The minimum absolute atomic E-state index is 0.249. The quantitative estimate of drug-likeness (QED) is 0.830. The van der Waals surface area contributed by atoms with Crippen molar-refractivity contribution in [3.8, 4) is 0 Å². The molecule has 0 bridgehead atoms. The van der Waals surface area contributed by atoms with Gasteiger partial charge < -0.3 is 10.2 Å². The molecule has 0 radical (unpaired) electrons. The summed E-state index contributed by atoms with van der Waals surface area (Å²) in [6, 6.07) is 5.75. The number of rotatable bonds is 5. The normalized spacial score (nSPS) is 15.6. The highest BCUT2D eigenvalue weighted by Gasteiger charge is 2.34. The fraction of sp³-hybridized carbons (Fsp3) is 0.571. The van der Waals surface area contributed by atoms with Crippen LogP contribution in [0.4, 0.5) is 4.39 Å². The molecule has 17 heavy (non-hydrogen) atoms. The molecule has 0 amide bonds. The largest absolute Gasteiger partial charge is 0.390 e. The third-order valence-electron chi connectivity index (χ3n) is 3.46. The van der Waals surface area contributed by atoms with Crippen LogP contribution < -0.4 is 0 Å². The second-order valence-electron chi connectivity index (χ2n) is 4.89. The van der Waals surface area contributed by atoms with E-state index in [1.54, 1.807) is 19.1 Å². The lowest BCUT2D eigenvalue weighted by Gasteiger charge is -2.34. The second-order valence-corrected chi connectivity index (χ2v) is 4.89. The van der Waals surface area contributed by atoms with Gasteiger partial charge in [0, 0.05) is 6.42 Å². The zero-order valence-corrected chi connectivity index (χ0v) is 10.7. The minimum atomic E-state index is -1.14. The predicted octanol–water partition coefficient (Wildman–Crippen LogP) is 2.97. The molecule has 3 heteroatoms. The maximum absolute atomic E-state index is 12.8. The van der Waals surface area contributed by atoms with E-state index in [-0.39, 0.29) is 12.2 Å². The predicted molar refractivity (Wildman–Crippen MR) is 66.1 cm³/mol. The van der Waals surface area contributed by atoms with Crippen LogP contribution in [0.3, 0.4) is 0 Å². The van der Waals surface area contributed by atoms with Gasteiger partial charge in [0.2, 0.25) is 0 Å². The van der Waals surface area contributed by atoms with Crippen LogP contribution in [0.2, 0.25) is 0 Å². The van der Waals surface area contributed by atoms with E-state index in [1.807, 2.05) is 13.8 Å². The van der Waals surface area contributed by atoms with Crippen molar-refractivity contribution < 1.29 is 14.6 Å². The van der Waals surface area contributed by atoms with Crippen LogP contribution in [-0.4, -0.2) is 15.8 Å². The summed E-state index contributed by atoms with van der Waals surface area (Å²) in [5.41, 5.74) is -1.40. The number of aliphatic hydroxyl groups is 2. The molecule has 0 saturated carbocycles. The van der Waals surface area contributed by atoms with Gasteiger partial charge in [-0.15, -0.1) is 0 Å². The summed E-state index contributed by atoms with van der Waals surface area (Å²) in [5, 5.41) is 20.6. The molecule has 1 aromatic rings. The molecule has 0 aliphatic carbocycles. The number of hydrogen-bond donors (Lipinski definition) is 2. The molecule has 1 unspecified atom stereocenters. The molecule has 96 valence electrons. The molecule has 0 saturated heterocycles. The van der Waals surface area contributed by atoms with Gasteiger partial charge >= 0.3 is 0 Å². The van der Waals surface area contributed by atoms with Gasteiger partial charge in [-0.3, -0.25) is 0 Å². The average Bonchev–Trinajstić information content (AvgIpc) is 2.29. The molecule has 0 aliphatic heterocycles. The highest BCUT2D eigenvalue weighted by molar-refractivity contribution is 5.22. The van der Waals surface area contributed by atoms with Crippen molar-refractivity contribution in [1.82, 2.24) is 0 Å². The van der Waals surface area contributed by atoms with Gasteiger partial charge in [-0.25, -0.2) is 4.39 Å². The van der Waals surface area contributed by atoms with Crippen LogP contribution in [0.1, 0.15) is 45.6 Å². The maximum Gasteiger partial charge on any atom is 0.123 e. The van der Waals surface area contributed by atoms with Crippen LogP contribution in [-0.2, 0) is 5.60 Å². The van der Waals surface area contributed by atoms with Crippen molar-refractivity contribution in [2.75, 3.05) is 0 Å². The third-order valence-corrected chi connectivity index (χ3v) is 3.46. The minimum Gasteiger partial charge on any atom is -0.390 e. The highest BCUT2D eigenvalue weighted by atomic mass is 19.1. The molecular weight excluding hydrogens is 219 g/mol. The van der Waals surface area contributed by atoms with Crippen molar-refractivity contribution in [2.45, 2.75) is 51.2 Å². The van der Waals surface area contributed by atoms with Crippen LogP contribution in [0.5, 0.6) is 0 Å². The Kier molecular flexibility index (Phi) is 4.28. The van der Waals surface area contributed by atoms with Crippen molar-refractivity contribution >= 4 is 0 Å². The van der Waals surface area contributed by atoms with Gasteiger partial charge in [-0.2, -0.15) is 0 Å². The van der Waals surface area contributed by atoms with Gasteiger partial charge in [0.15, 0.2) is 0 Å². The summed E-state index contributed by atoms with van der Waals surface area (Å²) < 4.78 is 12.8. The molecule has 0 spiro atoms. The van der Waals surface area contributed by atoms with E-state index in [0.717, 1.165) is 0 Å². The molecule has 2 N–H and O–H groups in total. The zero-order valence-electron chi connectivity index (χ0n) is 10.7. The van der Waals surface area contributed by atoms with Crippen LogP contribution in [0.15, 0.2) is 24.3 Å². The van der Waals surface area contributed by atoms with Crippen molar-refractivity contribution in [3.05, 3.63) is 35.6 Å². The Labute approximate surface area is 102 Å². The Balaban J connectivity index is 2.91. The Hall–Kier alpha value is -0.930. The standard InChI is InChI=1S/C14H21FO2/c1-4-14(17,5-2)10-13(3,16)11-6-8-12(15)9-7-11/h6-9,16-17H,4-5,10H2,1-3H3. The third kappa shape index (κ3) is 3.51. The first-order valence-electron chi connectivity index (χ1n) is 6.04. The van der Waals surface area contributed by atoms with E-state index in [0.29, 0.717) is 18.4 Å². The Morgan fingerprint density at radius 1 is 1.06 bits per heavy atom. The summed E-state index contributed by atoms with van der Waals surface area (Å²) in [4.78, 5) is 0. The van der Waals surface area contributed by atoms with E-state index < -0.39 is 11.2 Å². The van der Waals surface area contributed by atoms with E-state index in [4.69, 9.17) is 0 Å². The summed E-state index contributed by atoms with van der Waals surface area (Å²) in [7, 11) is 0. The summed E-state index contributed by atoms with van der Waals surface area (Å²) in [5.74, 6) is -0.328. The first-order valence-corrected chi connectivity index (χ1v) is 6.04. The lowest BCUT2D eigenvalue weighted by molar-refractivity contribution is -0.0628. The van der Waals surface area contributed by atoms with Crippen LogP contribution in [0, 0.1) is 5.82 Å². The Morgan fingerprint density at radius 3 is 1.94 bits per heavy atom. The van der Waals surface area contributed by atoms with Crippen molar-refractivity contribution in [1.29, 1.82) is 0 Å².